The van der Waals surface area contributed by atoms with Gasteiger partial charge in [0.1, 0.15) is 5.82 Å². The lowest BCUT2D eigenvalue weighted by atomic mass is 10.0. The van der Waals surface area contributed by atoms with Gasteiger partial charge in [0.25, 0.3) is 0 Å². The predicted octanol–water partition coefficient (Wildman–Crippen LogP) is 1.67. The predicted molar refractivity (Wildman–Crippen MR) is 67.9 cm³/mol. The van der Waals surface area contributed by atoms with Crippen LogP contribution in [0.25, 0.3) is 0 Å². The van der Waals surface area contributed by atoms with E-state index in [0.717, 1.165) is 31.3 Å². The third kappa shape index (κ3) is 2.09. The van der Waals surface area contributed by atoms with Gasteiger partial charge in [-0.3, -0.25) is 0 Å². The second-order valence-electron chi connectivity index (χ2n) is 4.98. The van der Waals surface area contributed by atoms with Gasteiger partial charge < -0.3 is 15.4 Å². The molecule has 2 aliphatic rings. The highest BCUT2D eigenvalue weighted by Crippen LogP contribution is 2.33. The summed E-state index contributed by atoms with van der Waals surface area (Å²) in [5, 5.41) is 0. The molecular weight excluding hydrogens is 214 g/mol. The van der Waals surface area contributed by atoms with E-state index in [1.165, 1.54) is 19.3 Å². The van der Waals surface area contributed by atoms with Crippen molar-refractivity contribution in [3.8, 4) is 0 Å². The van der Waals surface area contributed by atoms with Gasteiger partial charge in [0.2, 0.25) is 0 Å². The molecule has 1 aliphatic carbocycles. The molecule has 1 saturated heterocycles. The van der Waals surface area contributed by atoms with Gasteiger partial charge in [0, 0.05) is 18.5 Å². The summed E-state index contributed by atoms with van der Waals surface area (Å²) < 4.78 is 5.69. The maximum absolute atomic E-state index is 5.69. The van der Waals surface area contributed by atoms with E-state index in [2.05, 4.69) is 9.88 Å². The van der Waals surface area contributed by atoms with Crippen LogP contribution in [0.5, 0.6) is 0 Å². The minimum atomic E-state index is 0.605. The fraction of sp³-hybridized carbons (Fsp3) is 0.615. The van der Waals surface area contributed by atoms with Crippen LogP contribution in [-0.4, -0.2) is 30.8 Å². The summed E-state index contributed by atoms with van der Waals surface area (Å²) in [6.45, 7) is 2.66. The van der Waals surface area contributed by atoms with Crippen LogP contribution in [0.15, 0.2) is 18.3 Å². The lowest BCUT2D eigenvalue weighted by molar-refractivity contribution is 0.121. The van der Waals surface area contributed by atoms with Gasteiger partial charge in [-0.15, -0.1) is 0 Å². The molecule has 92 valence electrons. The molecule has 0 spiro atoms. The van der Waals surface area contributed by atoms with Crippen molar-refractivity contribution in [1.82, 2.24) is 4.98 Å². The van der Waals surface area contributed by atoms with Crippen molar-refractivity contribution in [3.05, 3.63) is 18.3 Å². The summed E-state index contributed by atoms with van der Waals surface area (Å²) in [5.41, 5.74) is 6.41. The molecular formula is C13H19N3O. The third-order valence-electron chi connectivity index (χ3n) is 3.89. The van der Waals surface area contributed by atoms with E-state index in [0.29, 0.717) is 12.0 Å². The van der Waals surface area contributed by atoms with Crippen molar-refractivity contribution in [2.75, 3.05) is 30.4 Å². The number of anilines is 2. The van der Waals surface area contributed by atoms with E-state index >= 15 is 0 Å². The number of aromatic nitrogens is 1. The normalized spacial score (nSPS) is 28.8. The molecule has 2 N–H and O–H groups in total. The van der Waals surface area contributed by atoms with Gasteiger partial charge in [-0.2, -0.15) is 0 Å². The molecule has 0 aromatic carbocycles. The van der Waals surface area contributed by atoms with Crippen LogP contribution in [0, 0.1) is 5.92 Å². The molecule has 4 heteroatoms. The summed E-state index contributed by atoms with van der Waals surface area (Å²) in [5.74, 6) is 1.72. The molecule has 0 bridgehead atoms. The Morgan fingerprint density at radius 3 is 3.12 bits per heavy atom. The molecule has 1 aromatic rings. The summed E-state index contributed by atoms with van der Waals surface area (Å²) in [7, 11) is 0. The largest absolute Gasteiger partial charge is 0.397 e. The van der Waals surface area contributed by atoms with E-state index < -0.39 is 0 Å². The molecule has 1 aromatic heterocycles. The lowest BCUT2D eigenvalue weighted by Gasteiger charge is -2.30. The Bertz CT molecular complexity index is 379. The summed E-state index contributed by atoms with van der Waals surface area (Å²) in [4.78, 5) is 6.86. The Kier molecular flexibility index (Phi) is 2.89. The smallest absolute Gasteiger partial charge is 0.128 e. The fourth-order valence-electron chi connectivity index (χ4n) is 3.04. The maximum atomic E-state index is 5.69. The van der Waals surface area contributed by atoms with Crippen LogP contribution in [0.1, 0.15) is 19.3 Å². The average Bonchev–Trinajstić information content (AvgIpc) is 2.71. The van der Waals surface area contributed by atoms with E-state index in [9.17, 15) is 0 Å². The zero-order valence-electron chi connectivity index (χ0n) is 10.0. The first kappa shape index (κ1) is 10.8. The first-order chi connectivity index (χ1) is 8.34. The van der Waals surface area contributed by atoms with Crippen LogP contribution in [0.4, 0.5) is 11.5 Å². The van der Waals surface area contributed by atoms with Crippen LogP contribution in [0.2, 0.25) is 0 Å². The number of hydrogen-bond acceptors (Lipinski definition) is 4. The minimum absolute atomic E-state index is 0.605. The van der Waals surface area contributed by atoms with Crippen LogP contribution >= 0.6 is 0 Å². The van der Waals surface area contributed by atoms with Crippen molar-refractivity contribution < 1.29 is 4.74 Å². The molecule has 0 amide bonds. The van der Waals surface area contributed by atoms with Crippen molar-refractivity contribution in [2.24, 2.45) is 5.92 Å². The van der Waals surface area contributed by atoms with Gasteiger partial charge in [-0.1, -0.05) is 6.42 Å². The van der Waals surface area contributed by atoms with Gasteiger partial charge in [-0.25, -0.2) is 4.98 Å². The number of rotatable bonds is 1. The summed E-state index contributed by atoms with van der Waals surface area (Å²) >= 11 is 0. The summed E-state index contributed by atoms with van der Waals surface area (Å²) in [6.07, 6.45) is 5.60. The first-order valence-corrected chi connectivity index (χ1v) is 6.40. The third-order valence-corrected chi connectivity index (χ3v) is 3.89. The SMILES string of the molecule is Nc1ccc(N2CCOC[C@H]3CCC[C@@H]32)nc1. The average molecular weight is 233 g/mol. The van der Waals surface area contributed by atoms with Gasteiger partial charge >= 0.3 is 0 Å². The van der Waals surface area contributed by atoms with E-state index in [1.807, 2.05) is 12.1 Å². The topological polar surface area (TPSA) is 51.4 Å². The van der Waals surface area contributed by atoms with Crippen molar-refractivity contribution in [2.45, 2.75) is 25.3 Å². The van der Waals surface area contributed by atoms with Crippen molar-refractivity contribution >= 4 is 11.5 Å². The highest BCUT2D eigenvalue weighted by atomic mass is 16.5. The number of nitrogens with two attached hydrogens (primary N) is 1. The number of ether oxygens (including phenoxy) is 1. The Hall–Kier alpha value is -1.29. The Balaban J connectivity index is 1.86. The molecule has 2 heterocycles. The second kappa shape index (κ2) is 4.53. The molecule has 2 fully saturated rings. The van der Waals surface area contributed by atoms with Gasteiger partial charge in [-0.05, 0) is 25.0 Å². The van der Waals surface area contributed by atoms with Crippen LogP contribution in [0.3, 0.4) is 0 Å². The van der Waals surface area contributed by atoms with E-state index in [-0.39, 0.29) is 0 Å². The van der Waals surface area contributed by atoms with Crippen molar-refractivity contribution in [3.63, 3.8) is 0 Å². The number of nitrogens with zero attached hydrogens (tertiary/aromatic N) is 2. The number of fused-ring (bicyclic) bond motifs is 1. The van der Waals surface area contributed by atoms with Crippen LogP contribution < -0.4 is 10.6 Å². The second-order valence-corrected chi connectivity index (χ2v) is 4.98. The van der Waals surface area contributed by atoms with Crippen molar-refractivity contribution in [1.29, 1.82) is 0 Å². The molecule has 4 nitrogen and oxygen atoms in total. The zero-order chi connectivity index (χ0) is 11.7. The Morgan fingerprint density at radius 1 is 1.35 bits per heavy atom. The Labute approximate surface area is 102 Å². The van der Waals surface area contributed by atoms with Gasteiger partial charge in [0.15, 0.2) is 0 Å². The zero-order valence-corrected chi connectivity index (χ0v) is 10.0. The lowest BCUT2D eigenvalue weighted by Crippen LogP contribution is -2.38. The standard InChI is InChI=1S/C13H19N3O/c14-11-4-5-13(15-8-11)16-6-7-17-9-10-2-1-3-12(10)16/h4-5,8,10,12H,1-3,6-7,9,14H2/t10-,12+/m1/s1. The summed E-state index contributed by atoms with van der Waals surface area (Å²) in [6, 6.07) is 4.56. The highest BCUT2D eigenvalue weighted by Gasteiger charge is 2.34. The minimum Gasteiger partial charge on any atom is -0.397 e. The number of pyridine rings is 1. The first-order valence-electron chi connectivity index (χ1n) is 6.40. The fourth-order valence-corrected chi connectivity index (χ4v) is 3.04. The van der Waals surface area contributed by atoms with E-state index in [4.69, 9.17) is 10.5 Å². The quantitative estimate of drug-likeness (QED) is 0.801. The molecule has 2 atom stereocenters. The monoisotopic (exact) mass is 233 g/mol. The molecule has 17 heavy (non-hydrogen) atoms. The molecule has 1 saturated carbocycles. The van der Waals surface area contributed by atoms with Gasteiger partial charge in [0.05, 0.1) is 25.1 Å². The molecule has 1 aliphatic heterocycles. The molecule has 0 unspecified atom stereocenters. The van der Waals surface area contributed by atoms with Crippen LogP contribution in [-0.2, 0) is 4.74 Å². The maximum Gasteiger partial charge on any atom is 0.128 e. The molecule has 0 radical (unpaired) electrons. The number of hydrogen-bond donors (Lipinski definition) is 1. The molecule has 3 rings (SSSR count). The Morgan fingerprint density at radius 2 is 2.29 bits per heavy atom. The highest BCUT2D eigenvalue weighted by molar-refractivity contribution is 5.47. The van der Waals surface area contributed by atoms with E-state index in [1.54, 1.807) is 6.20 Å². The number of nitrogen functional groups attached to an aromatic ring is 1.